The Labute approximate surface area is 627 Å². The molecule has 587 valence electrons. The summed E-state index contributed by atoms with van der Waals surface area (Å²) in [6.07, 6.45) is 52.1. The monoisotopic (exact) mass is 1490 g/mol. The summed E-state index contributed by atoms with van der Waals surface area (Å²) < 4.78 is 30.2. The summed E-state index contributed by atoms with van der Waals surface area (Å²) in [6.45, 7) is 63.5. The maximum Gasteiger partial charge on any atom is 0.192 e. The van der Waals surface area contributed by atoms with Crippen molar-refractivity contribution in [1.82, 2.24) is 9.80 Å². The third kappa shape index (κ3) is 48.0. The number of nitrogens with zero attached hydrogens (tertiary/aromatic N) is 2. The van der Waals surface area contributed by atoms with Crippen LogP contribution in [-0.4, -0.2) is 134 Å². The lowest BCUT2D eigenvalue weighted by Crippen LogP contribution is -2.50. The second-order valence-electron chi connectivity index (χ2n) is 37.2. The van der Waals surface area contributed by atoms with Gasteiger partial charge in [-0.2, -0.15) is 0 Å². The first-order chi connectivity index (χ1) is 45.8. The van der Waals surface area contributed by atoms with E-state index in [1.54, 1.807) is 0 Å². The lowest BCUT2D eigenvalue weighted by molar-refractivity contribution is -0.111. The number of unbranched alkanes of at least 4 members (excludes halogenated alkanes) is 30. The summed E-state index contributed by atoms with van der Waals surface area (Å²) in [6, 6.07) is 0. The summed E-state index contributed by atoms with van der Waals surface area (Å²) in [5, 5.41) is 11.1. The van der Waals surface area contributed by atoms with Crippen LogP contribution in [0.4, 0.5) is 0 Å². The van der Waals surface area contributed by atoms with Gasteiger partial charge in [0, 0.05) is 39.0 Å². The van der Waals surface area contributed by atoms with Crippen LogP contribution in [0.1, 0.15) is 380 Å². The zero-order valence-corrected chi connectivity index (χ0v) is 76.5. The number of rotatable bonds is 65. The van der Waals surface area contributed by atoms with Crippen molar-refractivity contribution in [2.45, 2.75) is 477 Å². The lowest BCUT2D eigenvalue weighted by atomic mass is 10.0. The van der Waals surface area contributed by atoms with Gasteiger partial charge in [0.15, 0.2) is 43.4 Å². The van der Waals surface area contributed by atoms with Crippen LogP contribution in [0.25, 0.3) is 0 Å². The predicted molar refractivity (Wildman–Crippen MR) is 455 cm³/mol. The van der Waals surface area contributed by atoms with Crippen molar-refractivity contribution in [1.29, 1.82) is 0 Å². The Hall–Kier alpha value is 0.538. The largest absolute Gasteiger partial charge is 0.502 e. The van der Waals surface area contributed by atoms with Gasteiger partial charge in [0.25, 0.3) is 0 Å². The number of hydrogen-bond acceptors (Lipinski definition) is 8. The van der Waals surface area contributed by atoms with E-state index in [0.29, 0.717) is 11.5 Å². The van der Waals surface area contributed by atoms with Crippen LogP contribution < -0.4 is 0 Å². The maximum absolute atomic E-state index is 14.6. The third-order valence-corrected chi connectivity index (χ3v) is 44.3. The summed E-state index contributed by atoms with van der Waals surface area (Å²) in [7, 11) is -8.73. The molecule has 0 aromatic carbocycles. The first kappa shape index (κ1) is 98.5. The lowest BCUT2D eigenvalue weighted by Gasteiger charge is -2.43. The third-order valence-electron chi connectivity index (χ3n) is 23.5. The molecule has 4 atom stereocenters. The van der Waals surface area contributed by atoms with Crippen molar-refractivity contribution in [3.63, 3.8) is 0 Å². The van der Waals surface area contributed by atoms with E-state index < -0.39 is 44.2 Å². The molecule has 0 aliphatic heterocycles. The molecule has 0 amide bonds. The average Bonchev–Trinajstić information content (AvgIpc) is 0.854. The minimum atomic E-state index is -2.08. The molecule has 0 aromatic heterocycles. The molecule has 1 N–H and O–H groups in total. The van der Waals surface area contributed by atoms with Crippen molar-refractivity contribution < 1.29 is 27.6 Å². The number of aliphatic hydroxyl groups is 1. The van der Waals surface area contributed by atoms with Crippen molar-refractivity contribution in [2.24, 2.45) is 0 Å². The molecule has 0 saturated carbocycles. The van der Waals surface area contributed by atoms with Gasteiger partial charge < -0.3 is 22.8 Å². The molecule has 0 saturated heterocycles. The van der Waals surface area contributed by atoms with E-state index in [0.717, 1.165) is 102 Å². The van der Waals surface area contributed by atoms with Gasteiger partial charge in [-0.25, -0.2) is 0 Å². The van der Waals surface area contributed by atoms with E-state index in [2.05, 4.69) is 173 Å². The van der Waals surface area contributed by atoms with Crippen LogP contribution in [-0.2, 0) is 22.5 Å². The molecule has 4 unspecified atom stereocenters. The number of aliphatic hydroxyl groups excluding tert-OH is 1. The Balaban J connectivity index is 7.37. The molecule has 0 spiro atoms. The fraction of sp³-hybridized carbons (Fsp3) is 0.976. The summed E-state index contributed by atoms with van der Waals surface area (Å²) >= 11 is 5.22. The van der Waals surface area contributed by atoms with Crippen molar-refractivity contribution in [3.8, 4) is 0 Å². The SMILES string of the molecule is CCCCCCCCCCC(CN(CCCC[S](CCCCN(CC(CCCCCCCCCC)O[Si](C)(C)C(C)(C)C)CC(CCCCCCCCCC)O[Si](C)(C)C(C)(C)C)C(=O)CCC(O)=S)CC(CCCCCCCCCC)O[Si](C)(C)C(C)(C)C)O[Si](C)(C)C(C)(C)C. The standard InChI is InChI=1S/C84H177N2O6S2Si4/c1-25-29-33-37-41-45-49-53-61-75(89-95(17,18)81(5,6)7)71-85(72-76(90-96(19,20)82(8,9)10)62-54-50-46-42-38-34-30-26-2)67-57-59-69-94(80(88)66-65-79(87)93)70-60-58-68-86(73-77(91-97(21,22)83(11,12)13)63-55-51-47-43-39-35-31-27-3)74-78(92-98(23,24)84(14,15)16)64-56-52-48-44-40-36-32-28-4/h75-78H,25-74H2,1-24H3,(H,87,93). The number of carbonyl (C=O) groups is 1. The van der Waals surface area contributed by atoms with Crippen LogP contribution in [0.5, 0.6) is 0 Å². The highest BCUT2D eigenvalue weighted by atomic mass is 32.2. The first-order valence-electron chi connectivity index (χ1n) is 42.4. The molecule has 0 rings (SSSR count). The minimum Gasteiger partial charge on any atom is -0.502 e. The molecular formula is C84H177N2O6S2Si4. The Kier molecular flexibility index (Phi) is 54.5. The van der Waals surface area contributed by atoms with E-state index in [1.807, 2.05) is 0 Å². The van der Waals surface area contributed by atoms with Crippen LogP contribution in [0.2, 0.25) is 72.5 Å². The molecule has 0 fully saturated rings. The Morgan fingerprint density at radius 1 is 0.337 bits per heavy atom. The molecule has 0 heterocycles. The summed E-state index contributed by atoms with van der Waals surface area (Å²) in [5.74, 6) is 1.81. The van der Waals surface area contributed by atoms with Crippen molar-refractivity contribution in [2.75, 3.05) is 50.8 Å². The Bertz CT molecular complexity index is 1700. The van der Waals surface area contributed by atoms with E-state index in [1.165, 1.54) is 205 Å². The van der Waals surface area contributed by atoms with Crippen LogP contribution in [0.3, 0.4) is 0 Å². The maximum atomic E-state index is 14.6. The molecule has 0 bridgehead atoms. The topological polar surface area (TPSA) is 80.7 Å². The highest BCUT2D eigenvalue weighted by Crippen LogP contribution is 2.42. The second kappa shape index (κ2) is 54.2. The van der Waals surface area contributed by atoms with E-state index in [4.69, 9.17) is 29.9 Å². The highest BCUT2D eigenvalue weighted by Gasteiger charge is 2.43. The Morgan fingerprint density at radius 3 is 0.735 bits per heavy atom. The Morgan fingerprint density at radius 2 is 0.541 bits per heavy atom. The van der Waals surface area contributed by atoms with Gasteiger partial charge in [-0.1, -0.05) is 316 Å². The summed E-state index contributed by atoms with van der Waals surface area (Å²) in [5.41, 5.74) is 0. The van der Waals surface area contributed by atoms with Gasteiger partial charge in [0.2, 0.25) is 0 Å². The molecule has 98 heavy (non-hydrogen) atoms. The smallest absolute Gasteiger partial charge is 0.192 e. The van der Waals surface area contributed by atoms with Gasteiger partial charge in [0.05, 0.1) is 24.4 Å². The molecule has 0 aliphatic carbocycles. The molecule has 14 heteroatoms. The average molecular weight is 1490 g/mol. The van der Waals surface area contributed by atoms with E-state index in [-0.39, 0.29) is 56.0 Å². The fourth-order valence-corrected chi connectivity index (χ4v) is 20.5. The normalized spacial score (nSPS) is 14.7. The molecule has 0 aliphatic rings. The van der Waals surface area contributed by atoms with E-state index >= 15 is 0 Å². The number of carbonyl (C=O) groups excluding carboxylic acids is 1. The molecule has 0 aromatic rings. The number of thiocarbonyl (C=S) groups is 1. The van der Waals surface area contributed by atoms with Gasteiger partial charge >= 0.3 is 0 Å². The van der Waals surface area contributed by atoms with Crippen molar-refractivity contribution >= 4 is 66.5 Å². The van der Waals surface area contributed by atoms with Crippen molar-refractivity contribution in [3.05, 3.63) is 0 Å². The second-order valence-corrected chi connectivity index (χ2v) is 58.9. The van der Waals surface area contributed by atoms with Gasteiger partial charge in [-0.15, -0.1) is 10.9 Å². The van der Waals surface area contributed by atoms with E-state index in [9.17, 15) is 9.90 Å². The van der Waals surface area contributed by atoms with Gasteiger partial charge in [0.1, 0.15) is 0 Å². The molecule has 1 radical (unpaired) electrons. The quantitative estimate of drug-likeness (QED) is 0.0364. The summed E-state index contributed by atoms with van der Waals surface area (Å²) in [4.78, 5) is 20.1. The molecule has 8 nitrogen and oxygen atoms in total. The van der Waals surface area contributed by atoms with Crippen LogP contribution >= 0.6 is 23.1 Å². The first-order valence-corrected chi connectivity index (χ1v) is 56.0. The predicted octanol–water partition coefficient (Wildman–Crippen LogP) is 28.3. The van der Waals surface area contributed by atoms with Crippen LogP contribution in [0.15, 0.2) is 0 Å². The zero-order chi connectivity index (χ0) is 74.4. The molecular weight excluding hydrogens is 1310 g/mol. The zero-order valence-electron chi connectivity index (χ0n) is 70.9. The van der Waals surface area contributed by atoms with Crippen LogP contribution in [0, 0.1) is 0 Å². The fourth-order valence-electron chi connectivity index (χ4n) is 12.7. The highest BCUT2D eigenvalue weighted by molar-refractivity contribution is 8.29. The minimum absolute atomic E-state index is 0.0426. The van der Waals surface area contributed by atoms with Gasteiger partial charge in [-0.3, -0.25) is 14.6 Å². The van der Waals surface area contributed by atoms with Gasteiger partial charge in [-0.05, 0) is 161 Å². The number of hydrogen-bond donors (Lipinski definition) is 1.